The Hall–Kier alpha value is -1.91. The maximum absolute atomic E-state index is 13.8. The highest BCUT2D eigenvalue weighted by molar-refractivity contribution is 5.56. The molecule has 1 saturated heterocycles. The van der Waals surface area contributed by atoms with Gasteiger partial charge in [-0.1, -0.05) is 6.07 Å². The Morgan fingerprint density at radius 2 is 2.06 bits per heavy atom. The molecule has 0 radical (unpaired) electrons. The highest BCUT2D eigenvalue weighted by atomic mass is 19.1. The molecule has 1 fully saturated rings. The summed E-state index contributed by atoms with van der Waals surface area (Å²) in [4.78, 5) is 11.6. The molecule has 0 atom stereocenters. The third kappa shape index (κ3) is 2.81. The van der Waals surface area contributed by atoms with Crippen LogP contribution in [0.25, 0.3) is 6.08 Å². The second-order valence-electron chi connectivity index (χ2n) is 4.01. The summed E-state index contributed by atoms with van der Waals surface area (Å²) >= 11 is 0. The third-order valence-electron chi connectivity index (χ3n) is 2.81. The molecule has 0 unspecified atom stereocenters. The molecule has 1 aliphatic rings. The Labute approximate surface area is 98.5 Å². The number of anilines is 1. The van der Waals surface area contributed by atoms with Gasteiger partial charge in [0.2, 0.25) is 6.20 Å². The summed E-state index contributed by atoms with van der Waals surface area (Å²) in [6.45, 7) is 1.75. The molecule has 2 rings (SSSR count). The van der Waals surface area contributed by atoms with E-state index in [0.717, 1.165) is 32.1 Å². The quantitative estimate of drug-likeness (QED) is 0.598. The van der Waals surface area contributed by atoms with Gasteiger partial charge in [0, 0.05) is 19.2 Å². The Kier molecular flexibility index (Phi) is 3.37. The van der Waals surface area contributed by atoms with Gasteiger partial charge in [-0.2, -0.15) is 0 Å². The first-order valence-corrected chi connectivity index (χ1v) is 5.53. The molecule has 1 aromatic carbocycles. The van der Waals surface area contributed by atoms with E-state index in [0.29, 0.717) is 11.3 Å². The molecular formula is C12H13FN2O2. The predicted molar refractivity (Wildman–Crippen MR) is 63.9 cm³/mol. The molecule has 0 amide bonds. The zero-order valence-electron chi connectivity index (χ0n) is 9.30. The van der Waals surface area contributed by atoms with E-state index in [9.17, 15) is 14.5 Å². The average molecular weight is 236 g/mol. The lowest BCUT2D eigenvalue weighted by Gasteiger charge is -2.18. The molecule has 0 saturated carbocycles. The molecular weight excluding hydrogens is 223 g/mol. The molecule has 1 aromatic rings. The lowest BCUT2D eigenvalue weighted by Crippen LogP contribution is -2.18. The zero-order chi connectivity index (χ0) is 12.3. The summed E-state index contributed by atoms with van der Waals surface area (Å²) in [6.07, 6.45) is 4.27. The van der Waals surface area contributed by atoms with Crippen molar-refractivity contribution < 1.29 is 9.31 Å². The van der Waals surface area contributed by atoms with Crippen LogP contribution in [0.4, 0.5) is 10.1 Å². The van der Waals surface area contributed by atoms with E-state index in [-0.39, 0.29) is 5.82 Å². The summed E-state index contributed by atoms with van der Waals surface area (Å²) in [5.74, 6) is -0.322. The van der Waals surface area contributed by atoms with Crippen molar-refractivity contribution in [1.29, 1.82) is 0 Å². The van der Waals surface area contributed by atoms with Crippen LogP contribution in [0.3, 0.4) is 0 Å². The number of nitro groups is 1. The fourth-order valence-corrected chi connectivity index (χ4v) is 1.99. The van der Waals surface area contributed by atoms with Crippen LogP contribution in [0, 0.1) is 15.9 Å². The van der Waals surface area contributed by atoms with Crippen molar-refractivity contribution in [3.63, 3.8) is 0 Å². The molecule has 17 heavy (non-hydrogen) atoms. The highest BCUT2D eigenvalue weighted by Crippen LogP contribution is 2.24. The van der Waals surface area contributed by atoms with E-state index in [1.54, 1.807) is 12.1 Å². The smallest absolute Gasteiger partial charge is 0.235 e. The fourth-order valence-electron chi connectivity index (χ4n) is 1.99. The van der Waals surface area contributed by atoms with Gasteiger partial charge >= 0.3 is 0 Å². The molecule has 0 aromatic heterocycles. The topological polar surface area (TPSA) is 46.4 Å². The van der Waals surface area contributed by atoms with Crippen LogP contribution < -0.4 is 4.90 Å². The van der Waals surface area contributed by atoms with Crippen LogP contribution >= 0.6 is 0 Å². The Morgan fingerprint density at radius 1 is 1.35 bits per heavy atom. The highest BCUT2D eigenvalue weighted by Gasteiger charge is 2.15. The lowest BCUT2D eigenvalue weighted by molar-refractivity contribution is -0.400. The standard InChI is InChI=1S/C12H13FN2O2/c13-11-9-10(5-8-15(16)17)3-4-12(11)14-6-1-2-7-14/h3-5,8-9H,1-2,6-7H2/b8-5+. The second kappa shape index (κ2) is 4.95. The number of halogens is 1. The maximum Gasteiger partial charge on any atom is 0.235 e. The van der Waals surface area contributed by atoms with E-state index in [1.165, 1.54) is 12.1 Å². The molecule has 0 N–H and O–H groups in total. The summed E-state index contributed by atoms with van der Waals surface area (Å²) < 4.78 is 13.8. The molecule has 0 aliphatic carbocycles. The number of nitrogens with zero attached hydrogens (tertiary/aromatic N) is 2. The number of rotatable bonds is 3. The van der Waals surface area contributed by atoms with Crippen molar-refractivity contribution in [1.82, 2.24) is 0 Å². The van der Waals surface area contributed by atoms with E-state index in [2.05, 4.69) is 0 Å². The molecule has 90 valence electrons. The first kappa shape index (κ1) is 11.6. The van der Waals surface area contributed by atoms with Crippen molar-refractivity contribution >= 4 is 11.8 Å². The van der Waals surface area contributed by atoms with Gasteiger partial charge in [-0.15, -0.1) is 0 Å². The maximum atomic E-state index is 13.8. The van der Waals surface area contributed by atoms with E-state index in [1.807, 2.05) is 4.90 Å². The minimum Gasteiger partial charge on any atom is -0.369 e. The van der Waals surface area contributed by atoms with Gasteiger partial charge in [0.15, 0.2) is 0 Å². The first-order valence-electron chi connectivity index (χ1n) is 5.53. The molecule has 0 bridgehead atoms. The molecule has 1 aliphatic heterocycles. The van der Waals surface area contributed by atoms with Crippen LogP contribution in [0.15, 0.2) is 24.4 Å². The third-order valence-corrected chi connectivity index (χ3v) is 2.81. The van der Waals surface area contributed by atoms with Gasteiger partial charge in [-0.25, -0.2) is 4.39 Å². The Morgan fingerprint density at radius 3 is 2.65 bits per heavy atom. The summed E-state index contributed by atoms with van der Waals surface area (Å²) in [5, 5.41) is 10.2. The van der Waals surface area contributed by atoms with Crippen LogP contribution in [-0.2, 0) is 0 Å². The molecule has 4 nitrogen and oxygen atoms in total. The SMILES string of the molecule is O=[N+]([O-])/C=C/c1ccc(N2CCCC2)c(F)c1. The van der Waals surface area contributed by atoms with Crippen LogP contribution in [0.5, 0.6) is 0 Å². The zero-order valence-corrected chi connectivity index (χ0v) is 9.30. The van der Waals surface area contributed by atoms with Crippen LogP contribution in [-0.4, -0.2) is 18.0 Å². The van der Waals surface area contributed by atoms with Crippen molar-refractivity contribution in [3.8, 4) is 0 Å². The van der Waals surface area contributed by atoms with E-state index in [4.69, 9.17) is 0 Å². The number of hydrogen-bond donors (Lipinski definition) is 0. The van der Waals surface area contributed by atoms with Gasteiger partial charge in [0.25, 0.3) is 0 Å². The molecule has 1 heterocycles. The summed E-state index contributed by atoms with van der Waals surface area (Å²) in [6, 6.07) is 4.70. The van der Waals surface area contributed by atoms with Gasteiger partial charge < -0.3 is 4.90 Å². The number of benzene rings is 1. The first-order chi connectivity index (χ1) is 8.16. The minimum atomic E-state index is -0.563. The van der Waals surface area contributed by atoms with Crippen molar-refractivity contribution in [2.45, 2.75) is 12.8 Å². The van der Waals surface area contributed by atoms with E-state index < -0.39 is 4.92 Å². The van der Waals surface area contributed by atoms with Crippen molar-refractivity contribution in [2.75, 3.05) is 18.0 Å². The predicted octanol–water partition coefficient (Wildman–Crippen LogP) is 2.67. The van der Waals surface area contributed by atoms with Gasteiger partial charge in [-0.05, 0) is 30.5 Å². The number of hydrogen-bond acceptors (Lipinski definition) is 3. The van der Waals surface area contributed by atoms with Crippen LogP contribution in [0.1, 0.15) is 18.4 Å². The lowest BCUT2D eigenvalue weighted by atomic mass is 10.2. The van der Waals surface area contributed by atoms with Crippen LogP contribution in [0.2, 0.25) is 0 Å². The summed E-state index contributed by atoms with van der Waals surface area (Å²) in [5.41, 5.74) is 1.09. The normalized spacial score (nSPS) is 15.7. The molecule has 5 heteroatoms. The summed E-state index contributed by atoms with van der Waals surface area (Å²) in [7, 11) is 0. The average Bonchev–Trinajstić information content (AvgIpc) is 2.79. The monoisotopic (exact) mass is 236 g/mol. The van der Waals surface area contributed by atoms with Crippen molar-refractivity contribution in [3.05, 3.63) is 45.9 Å². The van der Waals surface area contributed by atoms with E-state index >= 15 is 0 Å². The minimum absolute atomic E-state index is 0.322. The van der Waals surface area contributed by atoms with Gasteiger partial charge in [0.1, 0.15) is 5.82 Å². The second-order valence-corrected chi connectivity index (χ2v) is 4.01. The molecule has 0 spiro atoms. The van der Waals surface area contributed by atoms with Crippen molar-refractivity contribution in [2.24, 2.45) is 0 Å². The largest absolute Gasteiger partial charge is 0.369 e. The fraction of sp³-hybridized carbons (Fsp3) is 0.333. The Balaban J connectivity index is 2.19. The van der Waals surface area contributed by atoms with Gasteiger partial charge in [0.05, 0.1) is 10.6 Å². The Bertz CT molecular complexity index is 454. The van der Waals surface area contributed by atoms with Gasteiger partial charge in [-0.3, -0.25) is 10.1 Å².